The van der Waals surface area contributed by atoms with Crippen molar-refractivity contribution in [3.63, 3.8) is 0 Å². The number of hydrogen-bond donors (Lipinski definition) is 1. The van der Waals surface area contributed by atoms with Gasteiger partial charge in [-0.15, -0.1) is 0 Å². The van der Waals surface area contributed by atoms with Crippen molar-refractivity contribution in [2.75, 3.05) is 12.4 Å². The van der Waals surface area contributed by atoms with E-state index in [2.05, 4.69) is 15.3 Å². The van der Waals surface area contributed by atoms with Crippen LogP contribution in [0.25, 0.3) is 21.8 Å². The van der Waals surface area contributed by atoms with Crippen LogP contribution >= 0.6 is 0 Å². The highest BCUT2D eigenvalue weighted by Crippen LogP contribution is 2.29. The van der Waals surface area contributed by atoms with E-state index >= 15 is 0 Å². The Kier molecular flexibility index (Phi) is 4.49. The zero-order valence-corrected chi connectivity index (χ0v) is 15.5. The number of amides is 1. The summed E-state index contributed by atoms with van der Waals surface area (Å²) in [4.78, 5) is 34.2. The van der Waals surface area contributed by atoms with Gasteiger partial charge in [0.05, 0.1) is 23.7 Å². The van der Waals surface area contributed by atoms with Gasteiger partial charge < -0.3 is 10.1 Å². The Morgan fingerprint density at radius 3 is 2.71 bits per heavy atom. The van der Waals surface area contributed by atoms with Crippen molar-refractivity contribution in [2.24, 2.45) is 0 Å². The predicted octanol–water partition coefficient (Wildman–Crippen LogP) is 2.90. The number of ether oxygens (including phenoxy) is 1. The van der Waals surface area contributed by atoms with Crippen LogP contribution in [-0.4, -0.2) is 27.6 Å². The molecular weight excluding hydrogens is 356 g/mol. The lowest BCUT2D eigenvalue weighted by Gasteiger charge is -2.13. The maximum atomic E-state index is 12.7. The van der Waals surface area contributed by atoms with E-state index in [1.165, 1.54) is 4.57 Å². The highest BCUT2D eigenvalue weighted by Gasteiger charge is 2.14. The molecule has 0 spiro atoms. The number of nitrogens with one attached hydrogen (secondary N) is 1. The first-order chi connectivity index (χ1) is 13.6. The Labute approximate surface area is 160 Å². The number of nitrogens with zero attached hydrogens (tertiary/aromatic N) is 3. The standard InChI is InChI=1S/C21H18N4O3/c1-13-23-16-8-4-3-6-15(16)21(27)25(13)12-19(26)24-17-9-10-18(28-2)20-14(17)7-5-11-22-20/h3-11H,12H2,1-2H3,(H,24,26). The molecular formula is C21H18N4O3. The molecule has 4 aromatic rings. The molecule has 0 aliphatic carbocycles. The zero-order valence-electron chi connectivity index (χ0n) is 15.5. The normalized spacial score (nSPS) is 10.9. The smallest absolute Gasteiger partial charge is 0.261 e. The number of methoxy groups -OCH3 is 1. The molecule has 2 heterocycles. The number of pyridine rings is 1. The van der Waals surface area contributed by atoms with Crippen LogP contribution in [-0.2, 0) is 11.3 Å². The van der Waals surface area contributed by atoms with Crippen molar-refractivity contribution < 1.29 is 9.53 Å². The number of aryl methyl sites for hydroxylation is 1. The Hall–Kier alpha value is -3.74. The Balaban J connectivity index is 1.67. The summed E-state index contributed by atoms with van der Waals surface area (Å²) in [5, 5.41) is 4.11. The molecule has 1 amide bonds. The fraction of sp³-hybridized carbons (Fsp3) is 0.143. The first-order valence-corrected chi connectivity index (χ1v) is 8.76. The summed E-state index contributed by atoms with van der Waals surface area (Å²) in [6.07, 6.45) is 1.67. The first kappa shape index (κ1) is 17.7. The number of rotatable bonds is 4. The summed E-state index contributed by atoms with van der Waals surface area (Å²) in [7, 11) is 1.57. The van der Waals surface area contributed by atoms with Gasteiger partial charge in [0.25, 0.3) is 5.56 Å². The lowest BCUT2D eigenvalue weighted by Crippen LogP contribution is -2.30. The first-order valence-electron chi connectivity index (χ1n) is 8.76. The summed E-state index contributed by atoms with van der Waals surface area (Å²) < 4.78 is 6.70. The van der Waals surface area contributed by atoms with Gasteiger partial charge in [-0.05, 0) is 43.3 Å². The number of benzene rings is 2. The molecule has 0 atom stereocenters. The van der Waals surface area contributed by atoms with E-state index in [0.717, 1.165) is 5.39 Å². The van der Waals surface area contributed by atoms with Crippen molar-refractivity contribution in [1.29, 1.82) is 0 Å². The van der Waals surface area contributed by atoms with Crippen molar-refractivity contribution >= 4 is 33.4 Å². The third kappa shape index (κ3) is 3.07. The number of hydrogen-bond acceptors (Lipinski definition) is 5. The third-order valence-corrected chi connectivity index (χ3v) is 4.58. The number of para-hydroxylation sites is 1. The molecule has 1 N–H and O–H groups in total. The monoisotopic (exact) mass is 374 g/mol. The molecule has 7 heteroatoms. The van der Waals surface area contributed by atoms with E-state index in [-0.39, 0.29) is 18.0 Å². The van der Waals surface area contributed by atoms with E-state index in [0.29, 0.717) is 33.7 Å². The SMILES string of the molecule is COc1ccc(NC(=O)Cn2c(C)nc3ccccc3c2=O)c2cccnc12. The molecule has 2 aromatic heterocycles. The van der Waals surface area contributed by atoms with Crippen molar-refractivity contribution in [3.8, 4) is 5.75 Å². The van der Waals surface area contributed by atoms with Gasteiger partial charge in [0.2, 0.25) is 5.91 Å². The summed E-state index contributed by atoms with van der Waals surface area (Å²) in [5.74, 6) is 0.789. The molecule has 0 aliphatic rings. The molecule has 7 nitrogen and oxygen atoms in total. The van der Waals surface area contributed by atoms with Crippen LogP contribution in [0.1, 0.15) is 5.82 Å². The van der Waals surface area contributed by atoms with Gasteiger partial charge >= 0.3 is 0 Å². The number of aromatic nitrogens is 3. The van der Waals surface area contributed by atoms with Gasteiger partial charge in [-0.2, -0.15) is 0 Å². The highest BCUT2D eigenvalue weighted by molar-refractivity contribution is 6.02. The molecule has 0 saturated carbocycles. The highest BCUT2D eigenvalue weighted by atomic mass is 16.5. The van der Waals surface area contributed by atoms with Crippen LogP contribution in [0.4, 0.5) is 5.69 Å². The van der Waals surface area contributed by atoms with E-state index in [1.807, 2.05) is 12.1 Å². The van der Waals surface area contributed by atoms with E-state index in [4.69, 9.17) is 4.74 Å². The summed E-state index contributed by atoms with van der Waals surface area (Å²) in [6, 6.07) is 14.3. The van der Waals surface area contributed by atoms with Crippen molar-refractivity contribution in [1.82, 2.24) is 14.5 Å². The number of fused-ring (bicyclic) bond motifs is 2. The molecule has 0 fully saturated rings. The quantitative estimate of drug-likeness (QED) is 0.594. The minimum absolute atomic E-state index is 0.129. The molecule has 28 heavy (non-hydrogen) atoms. The molecule has 0 saturated heterocycles. The zero-order chi connectivity index (χ0) is 19.7. The van der Waals surface area contributed by atoms with Crippen LogP contribution < -0.4 is 15.6 Å². The minimum Gasteiger partial charge on any atom is -0.494 e. The third-order valence-electron chi connectivity index (χ3n) is 4.58. The largest absolute Gasteiger partial charge is 0.494 e. The average molecular weight is 374 g/mol. The Bertz CT molecular complexity index is 1260. The predicted molar refractivity (Wildman–Crippen MR) is 108 cm³/mol. The van der Waals surface area contributed by atoms with Gasteiger partial charge in [-0.3, -0.25) is 19.1 Å². The second kappa shape index (κ2) is 7.11. The second-order valence-corrected chi connectivity index (χ2v) is 6.33. The lowest BCUT2D eigenvalue weighted by molar-refractivity contribution is -0.116. The van der Waals surface area contributed by atoms with Crippen LogP contribution in [0, 0.1) is 6.92 Å². The molecule has 0 unspecified atom stereocenters. The van der Waals surface area contributed by atoms with E-state index < -0.39 is 0 Å². The van der Waals surface area contributed by atoms with Gasteiger partial charge in [-0.25, -0.2) is 4.98 Å². The summed E-state index contributed by atoms with van der Waals surface area (Å²) in [6.45, 7) is 1.59. The minimum atomic E-state index is -0.322. The van der Waals surface area contributed by atoms with Gasteiger partial charge in [-0.1, -0.05) is 12.1 Å². The Morgan fingerprint density at radius 2 is 1.89 bits per heavy atom. The summed E-state index contributed by atoms with van der Waals surface area (Å²) >= 11 is 0. The fourth-order valence-corrected chi connectivity index (χ4v) is 3.22. The lowest BCUT2D eigenvalue weighted by atomic mass is 10.1. The topological polar surface area (TPSA) is 86.1 Å². The van der Waals surface area contributed by atoms with Crippen molar-refractivity contribution in [2.45, 2.75) is 13.5 Å². The molecule has 0 aliphatic heterocycles. The van der Waals surface area contributed by atoms with Crippen LogP contribution in [0.2, 0.25) is 0 Å². The molecule has 0 bridgehead atoms. The summed E-state index contributed by atoms with van der Waals surface area (Å²) in [5.41, 5.74) is 1.64. The van der Waals surface area contributed by atoms with E-state index in [1.54, 1.807) is 56.6 Å². The maximum Gasteiger partial charge on any atom is 0.261 e. The fourth-order valence-electron chi connectivity index (χ4n) is 3.22. The van der Waals surface area contributed by atoms with Gasteiger partial charge in [0.1, 0.15) is 23.6 Å². The second-order valence-electron chi connectivity index (χ2n) is 6.33. The van der Waals surface area contributed by atoms with Gasteiger partial charge in [0.15, 0.2) is 0 Å². The number of carbonyl (C=O) groups is 1. The van der Waals surface area contributed by atoms with Crippen LogP contribution in [0.15, 0.2) is 59.5 Å². The number of anilines is 1. The molecule has 140 valence electrons. The molecule has 0 radical (unpaired) electrons. The van der Waals surface area contributed by atoms with E-state index in [9.17, 15) is 9.59 Å². The van der Waals surface area contributed by atoms with Crippen molar-refractivity contribution in [3.05, 3.63) is 70.9 Å². The van der Waals surface area contributed by atoms with Gasteiger partial charge in [0, 0.05) is 11.6 Å². The average Bonchev–Trinajstić information content (AvgIpc) is 2.71. The molecule has 4 rings (SSSR count). The Morgan fingerprint density at radius 1 is 1.11 bits per heavy atom. The van der Waals surface area contributed by atoms with Crippen LogP contribution in [0.3, 0.4) is 0 Å². The maximum absolute atomic E-state index is 12.7. The molecule has 2 aromatic carbocycles. The van der Waals surface area contributed by atoms with Crippen LogP contribution in [0.5, 0.6) is 5.75 Å². The number of carbonyl (C=O) groups excluding carboxylic acids is 1.